The summed E-state index contributed by atoms with van der Waals surface area (Å²) in [6.07, 6.45) is 0. The van der Waals surface area contributed by atoms with Crippen molar-refractivity contribution in [2.45, 2.75) is 20.8 Å². The molecule has 0 aliphatic rings. The molecular formula is C22H28N2O4S. The first-order chi connectivity index (χ1) is 14.0. The number of hydrogen-bond donors (Lipinski definition) is 2. The van der Waals surface area contributed by atoms with E-state index < -0.39 is 0 Å². The van der Waals surface area contributed by atoms with Gasteiger partial charge in [0.15, 0.2) is 5.11 Å². The molecule has 2 aromatic rings. The molecule has 0 aliphatic carbocycles. The maximum Gasteiger partial charge on any atom is 0.257 e. The van der Waals surface area contributed by atoms with Gasteiger partial charge >= 0.3 is 0 Å². The molecule has 0 unspecified atom stereocenters. The van der Waals surface area contributed by atoms with E-state index in [2.05, 4.69) is 24.5 Å². The lowest BCUT2D eigenvalue weighted by Crippen LogP contribution is -2.34. The summed E-state index contributed by atoms with van der Waals surface area (Å²) < 4.78 is 16.4. The van der Waals surface area contributed by atoms with Crippen LogP contribution in [0.15, 0.2) is 48.5 Å². The van der Waals surface area contributed by atoms with E-state index in [1.807, 2.05) is 31.2 Å². The lowest BCUT2D eigenvalue weighted by Gasteiger charge is -2.12. The summed E-state index contributed by atoms with van der Waals surface area (Å²) in [4.78, 5) is 12.3. The molecule has 2 N–H and O–H groups in total. The van der Waals surface area contributed by atoms with Crippen LogP contribution in [0.4, 0.5) is 5.69 Å². The van der Waals surface area contributed by atoms with E-state index in [1.165, 1.54) is 0 Å². The van der Waals surface area contributed by atoms with Crippen LogP contribution in [-0.4, -0.2) is 37.4 Å². The van der Waals surface area contributed by atoms with Gasteiger partial charge in [-0.25, -0.2) is 0 Å². The van der Waals surface area contributed by atoms with Crippen molar-refractivity contribution in [2.24, 2.45) is 5.92 Å². The van der Waals surface area contributed by atoms with E-state index in [4.69, 9.17) is 26.4 Å². The summed E-state index contributed by atoms with van der Waals surface area (Å²) in [5.41, 5.74) is 1.26. The molecule has 0 aromatic heterocycles. The van der Waals surface area contributed by atoms with E-state index in [0.29, 0.717) is 37.9 Å². The molecule has 0 fully saturated rings. The monoisotopic (exact) mass is 416 g/mol. The maximum atomic E-state index is 12.3. The van der Waals surface area contributed by atoms with Crippen LogP contribution >= 0.6 is 12.2 Å². The van der Waals surface area contributed by atoms with Gasteiger partial charge in [0.1, 0.15) is 18.1 Å². The van der Waals surface area contributed by atoms with Crippen LogP contribution < -0.4 is 20.1 Å². The van der Waals surface area contributed by atoms with Crippen molar-refractivity contribution < 1.29 is 19.0 Å². The number of thiocarbonyl (C=S) groups is 1. The second-order valence-corrected chi connectivity index (χ2v) is 7.12. The van der Waals surface area contributed by atoms with E-state index in [1.54, 1.807) is 24.3 Å². The van der Waals surface area contributed by atoms with Crippen LogP contribution in [0, 0.1) is 5.92 Å². The number of carbonyl (C=O) groups excluding carboxylic acids is 1. The Kier molecular flexibility index (Phi) is 9.40. The SMILES string of the molecule is CCOCCOc1ccc(NC(=S)NC(=O)c2ccc(OCC(C)C)cc2)cc1. The van der Waals surface area contributed by atoms with Gasteiger partial charge in [0.25, 0.3) is 5.91 Å². The van der Waals surface area contributed by atoms with Crippen LogP contribution in [0.3, 0.4) is 0 Å². The molecule has 0 heterocycles. The molecule has 0 spiro atoms. The molecule has 0 bridgehead atoms. The molecule has 2 rings (SSSR count). The summed E-state index contributed by atoms with van der Waals surface area (Å²) in [6, 6.07) is 14.3. The summed E-state index contributed by atoms with van der Waals surface area (Å²) >= 11 is 5.22. The average Bonchev–Trinajstić information content (AvgIpc) is 2.71. The molecule has 6 nitrogen and oxygen atoms in total. The minimum atomic E-state index is -0.284. The van der Waals surface area contributed by atoms with Crippen LogP contribution in [-0.2, 0) is 4.74 Å². The zero-order chi connectivity index (χ0) is 21.1. The average molecular weight is 417 g/mol. The molecule has 0 saturated carbocycles. The van der Waals surface area contributed by atoms with Gasteiger partial charge in [0.2, 0.25) is 0 Å². The van der Waals surface area contributed by atoms with Crippen LogP contribution in [0.5, 0.6) is 11.5 Å². The third-order valence-electron chi connectivity index (χ3n) is 3.74. The molecule has 1 amide bonds. The molecule has 156 valence electrons. The first-order valence-electron chi connectivity index (χ1n) is 9.63. The number of nitrogens with one attached hydrogen (secondary N) is 2. The van der Waals surface area contributed by atoms with Crippen LogP contribution in [0.25, 0.3) is 0 Å². The fraction of sp³-hybridized carbons (Fsp3) is 0.364. The number of anilines is 1. The number of benzene rings is 2. The number of rotatable bonds is 10. The minimum absolute atomic E-state index is 0.222. The molecule has 29 heavy (non-hydrogen) atoms. The second-order valence-electron chi connectivity index (χ2n) is 6.71. The standard InChI is InChI=1S/C22H28N2O4S/c1-4-26-13-14-27-19-11-7-18(8-12-19)23-22(29)24-21(25)17-5-9-20(10-6-17)28-15-16(2)3/h5-12,16H,4,13-15H2,1-3H3,(H2,23,24,25,29). The molecular weight excluding hydrogens is 388 g/mol. The van der Waals surface area contributed by atoms with Gasteiger partial charge in [-0.2, -0.15) is 0 Å². The highest BCUT2D eigenvalue weighted by Crippen LogP contribution is 2.16. The fourth-order valence-electron chi connectivity index (χ4n) is 2.30. The van der Waals surface area contributed by atoms with E-state index >= 15 is 0 Å². The Morgan fingerprint density at radius 3 is 2.21 bits per heavy atom. The molecule has 0 atom stereocenters. The topological polar surface area (TPSA) is 68.8 Å². The van der Waals surface area contributed by atoms with E-state index in [0.717, 1.165) is 17.2 Å². The highest BCUT2D eigenvalue weighted by Gasteiger charge is 2.09. The Morgan fingerprint density at radius 1 is 0.966 bits per heavy atom. The zero-order valence-electron chi connectivity index (χ0n) is 17.1. The van der Waals surface area contributed by atoms with E-state index in [-0.39, 0.29) is 11.0 Å². The quantitative estimate of drug-likeness (QED) is 0.445. The summed E-state index contributed by atoms with van der Waals surface area (Å²) in [7, 11) is 0. The fourth-order valence-corrected chi connectivity index (χ4v) is 2.51. The van der Waals surface area contributed by atoms with Crippen molar-refractivity contribution in [3.8, 4) is 11.5 Å². The molecule has 0 aliphatic heterocycles. The van der Waals surface area contributed by atoms with Gasteiger partial charge in [-0.05, 0) is 73.6 Å². The van der Waals surface area contributed by atoms with Gasteiger partial charge in [-0.1, -0.05) is 13.8 Å². The van der Waals surface area contributed by atoms with Crippen molar-refractivity contribution in [3.63, 3.8) is 0 Å². The molecule has 0 saturated heterocycles. The van der Waals surface area contributed by atoms with Gasteiger partial charge in [0.05, 0.1) is 13.2 Å². The van der Waals surface area contributed by atoms with Crippen molar-refractivity contribution in [1.82, 2.24) is 5.32 Å². The second kappa shape index (κ2) is 12.0. The minimum Gasteiger partial charge on any atom is -0.493 e. The molecule has 7 heteroatoms. The summed E-state index contributed by atoms with van der Waals surface area (Å²) in [6.45, 7) is 8.46. The van der Waals surface area contributed by atoms with Crippen molar-refractivity contribution in [3.05, 3.63) is 54.1 Å². The molecule has 2 aromatic carbocycles. The largest absolute Gasteiger partial charge is 0.493 e. The number of amides is 1. The predicted molar refractivity (Wildman–Crippen MR) is 119 cm³/mol. The third kappa shape index (κ3) is 8.50. The summed E-state index contributed by atoms with van der Waals surface area (Å²) in [5.74, 6) is 1.63. The third-order valence-corrected chi connectivity index (χ3v) is 3.94. The zero-order valence-corrected chi connectivity index (χ0v) is 17.9. The van der Waals surface area contributed by atoms with Gasteiger partial charge < -0.3 is 19.5 Å². The number of hydrogen-bond acceptors (Lipinski definition) is 5. The van der Waals surface area contributed by atoms with Gasteiger partial charge in [0, 0.05) is 17.9 Å². The highest BCUT2D eigenvalue weighted by atomic mass is 32.1. The Balaban J connectivity index is 1.80. The lowest BCUT2D eigenvalue weighted by molar-refractivity contribution is 0.0977. The van der Waals surface area contributed by atoms with E-state index in [9.17, 15) is 4.79 Å². The Hall–Kier alpha value is -2.64. The van der Waals surface area contributed by atoms with Gasteiger partial charge in [-0.3, -0.25) is 10.1 Å². The lowest BCUT2D eigenvalue weighted by atomic mass is 10.2. The van der Waals surface area contributed by atoms with Crippen molar-refractivity contribution >= 4 is 28.9 Å². The Labute approximate surface area is 177 Å². The van der Waals surface area contributed by atoms with Crippen LogP contribution in [0.1, 0.15) is 31.1 Å². The highest BCUT2D eigenvalue weighted by molar-refractivity contribution is 7.80. The first-order valence-corrected chi connectivity index (χ1v) is 10.0. The number of ether oxygens (including phenoxy) is 3. The van der Waals surface area contributed by atoms with Crippen LogP contribution in [0.2, 0.25) is 0 Å². The smallest absolute Gasteiger partial charge is 0.257 e. The van der Waals surface area contributed by atoms with Gasteiger partial charge in [-0.15, -0.1) is 0 Å². The number of carbonyl (C=O) groups is 1. The predicted octanol–water partition coefficient (Wildman–Crippen LogP) is 4.26. The normalized spacial score (nSPS) is 10.5. The first kappa shape index (κ1) is 22.6. The maximum absolute atomic E-state index is 12.3. The summed E-state index contributed by atoms with van der Waals surface area (Å²) in [5, 5.41) is 5.88. The van der Waals surface area contributed by atoms with Crippen molar-refractivity contribution in [2.75, 3.05) is 31.7 Å². The van der Waals surface area contributed by atoms with Crippen molar-refractivity contribution in [1.29, 1.82) is 0 Å². The Bertz CT molecular complexity index is 776. The Morgan fingerprint density at radius 2 is 1.59 bits per heavy atom. The molecule has 0 radical (unpaired) electrons.